The minimum atomic E-state index is -0.514. The van der Waals surface area contributed by atoms with E-state index in [2.05, 4.69) is 22.2 Å². The number of aliphatic imine (C=N–C) groups is 1. The van der Waals surface area contributed by atoms with Gasteiger partial charge in [-0.2, -0.15) is 16.3 Å². The second-order valence-corrected chi connectivity index (χ2v) is 4.37. The van der Waals surface area contributed by atoms with E-state index in [4.69, 9.17) is 0 Å². The van der Waals surface area contributed by atoms with Gasteiger partial charge in [-0.05, 0) is 11.4 Å². The van der Waals surface area contributed by atoms with Gasteiger partial charge in [0.1, 0.15) is 6.54 Å². The molecule has 1 fully saturated rings. The number of hydrogen-bond acceptors (Lipinski definition) is 3. The number of hydrogen-bond donors (Lipinski definition) is 2. The maximum absolute atomic E-state index is 11.6. The molecule has 6 nitrogen and oxygen atoms in total. The number of rotatable bonds is 3. The highest BCUT2D eigenvalue weighted by Crippen LogP contribution is 2.12. The van der Waals surface area contributed by atoms with E-state index in [9.17, 15) is 9.59 Å². The van der Waals surface area contributed by atoms with E-state index < -0.39 is 6.03 Å². The molecule has 94 valence electrons. The Morgan fingerprint density at radius 1 is 1.72 bits per heavy atom. The van der Waals surface area contributed by atoms with Crippen molar-refractivity contribution < 1.29 is 9.59 Å². The van der Waals surface area contributed by atoms with Crippen molar-refractivity contribution >= 4 is 34.9 Å². The van der Waals surface area contributed by atoms with Gasteiger partial charge in [-0.3, -0.25) is 10.1 Å². The Morgan fingerprint density at radius 2 is 2.56 bits per heavy atom. The summed E-state index contributed by atoms with van der Waals surface area (Å²) in [5.41, 5.74) is 0.689. The SMILES string of the molecule is C=CCN1CC(=O)NC1=NC(=O)Nc1ccsc1. The van der Waals surface area contributed by atoms with Crippen LogP contribution in [-0.2, 0) is 4.79 Å². The fourth-order valence-corrected chi connectivity index (χ4v) is 2.07. The van der Waals surface area contributed by atoms with E-state index in [1.165, 1.54) is 11.3 Å². The van der Waals surface area contributed by atoms with Crippen LogP contribution in [0.5, 0.6) is 0 Å². The number of thiophene rings is 1. The Labute approximate surface area is 108 Å². The number of amides is 3. The Bertz CT molecular complexity index is 495. The van der Waals surface area contributed by atoms with Crippen LogP contribution < -0.4 is 10.6 Å². The van der Waals surface area contributed by atoms with E-state index in [-0.39, 0.29) is 18.4 Å². The van der Waals surface area contributed by atoms with Crippen molar-refractivity contribution in [2.45, 2.75) is 0 Å². The van der Waals surface area contributed by atoms with Gasteiger partial charge in [-0.25, -0.2) is 4.79 Å². The van der Waals surface area contributed by atoms with Gasteiger partial charge < -0.3 is 10.2 Å². The molecule has 1 aliphatic heterocycles. The number of nitrogens with zero attached hydrogens (tertiary/aromatic N) is 2. The predicted molar refractivity (Wildman–Crippen MR) is 70.7 cm³/mol. The molecule has 0 bridgehead atoms. The van der Waals surface area contributed by atoms with Gasteiger partial charge in [0.05, 0.1) is 5.69 Å². The molecular formula is C11H12N4O2S. The molecule has 7 heteroatoms. The molecule has 2 N–H and O–H groups in total. The minimum Gasteiger partial charge on any atom is -0.329 e. The van der Waals surface area contributed by atoms with Crippen LogP contribution in [0.1, 0.15) is 0 Å². The molecule has 1 aromatic rings. The summed E-state index contributed by atoms with van der Waals surface area (Å²) in [4.78, 5) is 28.3. The first-order valence-electron chi connectivity index (χ1n) is 5.26. The molecule has 1 aliphatic rings. The number of carbonyl (C=O) groups is 2. The van der Waals surface area contributed by atoms with Crippen molar-refractivity contribution in [3.05, 3.63) is 29.5 Å². The molecule has 0 unspecified atom stereocenters. The lowest BCUT2D eigenvalue weighted by Gasteiger charge is -2.13. The monoisotopic (exact) mass is 264 g/mol. The zero-order valence-electron chi connectivity index (χ0n) is 9.55. The zero-order valence-corrected chi connectivity index (χ0v) is 10.4. The summed E-state index contributed by atoms with van der Waals surface area (Å²) < 4.78 is 0. The number of carbonyl (C=O) groups excluding carboxylic acids is 2. The highest BCUT2D eigenvalue weighted by atomic mass is 32.1. The van der Waals surface area contributed by atoms with Gasteiger partial charge in [0.15, 0.2) is 0 Å². The van der Waals surface area contributed by atoms with E-state index in [0.29, 0.717) is 12.2 Å². The third kappa shape index (κ3) is 2.95. The van der Waals surface area contributed by atoms with Crippen LogP contribution in [-0.4, -0.2) is 35.9 Å². The Hall–Kier alpha value is -2.15. The molecule has 0 saturated carbocycles. The van der Waals surface area contributed by atoms with Gasteiger partial charge in [0.2, 0.25) is 11.9 Å². The van der Waals surface area contributed by atoms with Gasteiger partial charge in [0.25, 0.3) is 0 Å². The van der Waals surface area contributed by atoms with E-state index >= 15 is 0 Å². The first kappa shape index (κ1) is 12.3. The summed E-state index contributed by atoms with van der Waals surface area (Å²) in [5.74, 6) is 0.0755. The van der Waals surface area contributed by atoms with Gasteiger partial charge in [-0.15, -0.1) is 6.58 Å². The fourth-order valence-electron chi connectivity index (χ4n) is 1.48. The minimum absolute atomic E-state index is 0.182. The van der Waals surface area contributed by atoms with Crippen molar-refractivity contribution in [1.29, 1.82) is 0 Å². The number of guanidine groups is 1. The average molecular weight is 264 g/mol. The van der Waals surface area contributed by atoms with Gasteiger partial charge in [-0.1, -0.05) is 6.08 Å². The van der Waals surface area contributed by atoms with E-state index in [1.54, 1.807) is 22.4 Å². The largest absolute Gasteiger partial charge is 0.348 e. The van der Waals surface area contributed by atoms with Crippen LogP contribution in [0.25, 0.3) is 0 Å². The molecule has 3 amide bonds. The molecule has 0 atom stereocenters. The summed E-state index contributed by atoms with van der Waals surface area (Å²) in [5, 5.41) is 8.79. The molecule has 0 radical (unpaired) electrons. The first-order chi connectivity index (χ1) is 8.69. The van der Waals surface area contributed by atoms with E-state index in [0.717, 1.165) is 0 Å². The van der Waals surface area contributed by atoms with Crippen LogP contribution in [0.2, 0.25) is 0 Å². The lowest BCUT2D eigenvalue weighted by atomic mass is 10.5. The topological polar surface area (TPSA) is 73.8 Å². The quantitative estimate of drug-likeness (QED) is 0.807. The lowest BCUT2D eigenvalue weighted by Crippen LogP contribution is -2.32. The summed E-state index contributed by atoms with van der Waals surface area (Å²) in [6.07, 6.45) is 1.65. The smallest absolute Gasteiger partial charge is 0.329 e. The Morgan fingerprint density at radius 3 is 3.22 bits per heavy atom. The van der Waals surface area contributed by atoms with Crippen molar-refractivity contribution in [2.75, 3.05) is 18.4 Å². The van der Waals surface area contributed by atoms with Gasteiger partial charge in [0, 0.05) is 11.9 Å². The molecule has 1 aromatic heterocycles. The summed E-state index contributed by atoms with van der Waals surface area (Å²) in [6, 6.07) is 1.26. The number of nitrogens with one attached hydrogen (secondary N) is 2. The molecule has 2 rings (SSSR count). The van der Waals surface area contributed by atoms with Crippen molar-refractivity contribution in [3.8, 4) is 0 Å². The highest BCUT2D eigenvalue weighted by Gasteiger charge is 2.24. The molecule has 0 spiro atoms. The second kappa shape index (κ2) is 5.46. The van der Waals surface area contributed by atoms with Crippen LogP contribution in [0.15, 0.2) is 34.5 Å². The van der Waals surface area contributed by atoms with Crippen LogP contribution >= 0.6 is 11.3 Å². The molecule has 1 saturated heterocycles. The van der Waals surface area contributed by atoms with Crippen molar-refractivity contribution in [3.63, 3.8) is 0 Å². The second-order valence-electron chi connectivity index (χ2n) is 3.59. The third-order valence-electron chi connectivity index (χ3n) is 2.21. The lowest BCUT2D eigenvalue weighted by molar-refractivity contribution is -0.118. The molecular weight excluding hydrogens is 252 g/mol. The highest BCUT2D eigenvalue weighted by molar-refractivity contribution is 7.08. The van der Waals surface area contributed by atoms with Crippen molar-refractivity contribution in [1.82, 2.24) is 10.2 Å². The normalized spacial score (nSPS) is 16.8. The molecule has 0 aromatic carbocycles. The van der Waals surface area contributed by atoms with E-state index in [1.807, 2.05) is 5.38 Å². The summed E-state index contributed by atoms with van der Waals surface area (Å²) in [7, 11) is 0. The third-order valence-corrected chi connectivity index (χ3v) is 2.90. The average Bonchev–Trinajstić information content (AvgIpc) is 2.90. The summed E-state index contributed by atoms with van der Waals surface area (Å²) in [6.45, 7) is 4.24. The fraction of sp³-hybridized carbons (Fsp3) is 0.182. The Balaban J connectivity index is 2.04. The molecule has 0 aliphatic carbocycles. The standard InChI is InChI=1S/C11H12N4O2S/c1-2-4-15-6-9(16)13-10(15)14-11(17)12-8-3-5-18-7-8/h2-3,5,7H,1,4,6H2,(H2,12,13,14,16,17). The molecule has 18 heavy (non-hydrogen) atoms. The van der Waals surface area contributed by atoms with Gasteiger partial charge >= 0.3 is 6.03 Å². The first-order valence-corrected chi connectivity index (χ1v) is 6.21. The number of urea groups is 1. The van der Waals surface area contributed by atoms with Crippen LogP contribution in [0.3, 0.4) is 0 Å². The predicted octanol–water partition coefficient (Wildman–Crippen LogP) is 1.25. The molecule has 2 heterocycles. The Kier molecular flexibility index (Phi) is 3.73. The maximum Gasteiger partial charge on any atom is 0.348 e. The maximum atomic E-state index is 11.6. The number of anilines is 1. The van der Waals surface area contributed by atoms with Crippen LogP contribution in [0.4, 0.5) is 10.5 Å². The van der Waals surface area contributed by atoms with Crippen LogP contribution in [0, 0.1) is 0 Å². The van der Waals surface area contributed by atoms with Crippen molar-refractivity contribution in [2.24, 2.45) is 4.99 Å². The zero-order chi connectivity index (χ0) is 13.0. The summed E-state index contributed by atoms with van der Waals surface area (Å²) >= 11 is 1.48.